The standard InChI is InChI=1S/C19H30N6.HI/c1-6-17-16(18(7-2)25(5)24-17)13-23-19(20-4)22-12-14(3)15-8-10-21-11-9-15;/h8-11,14H,6-7,12-13H2,1-5H3,(H2,20,22,23);1H. The number of aryl methyl sites for hydroxylation is 2. The zero-order valence-corrected chi connectivity index (χ0v) is 18.7. The number of nitrogens with one attached hydrogen (secondary N) is 2. The molecule has 0 aliphatic rings. The van der Waals surface area contributed by atoms with Crippen LogP contribution in [-0.2, 0) is 26.4 Å². The van der Waals surface area contributed by atoms with Crippen LogP contribution in [0.15, 0.2) is 29.5 Å². The molecule has 6 nitrogen and oxygen atoms in total. The van der Waals surface area contributed by atoms with Crippen molar-refractivity contribution in [3.8, 4) is 0 Å². The average molecular weight is 470 g/mol. The lowest BCUT2D eigenvalue weighted by Crippen LogP contribution is -2.38. The molecule has 2 rings (SSSR count). The number of halogens is 1. The predicted octanol–water partition coefficient (Wildman–Crippen LogP) is 3.03. The summed E-state index contributed by atoms with van der Waals surface area (Å²) in [4.78, 5) is 8.41. The van der Waals surface area contributed by atoms with Crippen LogP contribution in [0.2, 0.25) is 0 Å². The van der Waals surface area contributed by atoms with Gasteiger partial charge >= 0.3 is 0 Å². The Kier molecular flexibility index (Phi) is 9.61. The summed E-state index contributed by atoms with van der Waals surface area (Å²) in [5.74, 6) is 1.20. The Morgan fingerprint density at radius 2 is 1.88 bits per heavy atom. The van der Waals surface area contributed by atoms with Gasteiger partial charge in [0.25, 0.3) is 0 Å². The molecule has 7 heteroatoms. The van der Waals surface area contributed by atoms with Gasteiger partial charge in [-0.25, -0.2) is 0 Å². The number of guanidine groups is 1. The van der Waals surface area contributed by atoms with Gasteiger partial charge < -0.3 is 10.6 Å². The average Bonchev–Trinajstić information content (AvgIpc) is 2.96. The van der Waals surface area contributed by atoms with Crippen molar-refractivity contribution in [2.45, 2.75) is 46.1 Å². The SMILES string of the molecule is CCc1nn(C)c(CC)c1CNC(=NC)NCC(C)c1ccncc1.I. The summed E-state index contributed by atoms with van der Waals surface area (Å²) in [6.45, 7) is 8.07. The van der Waals surface area contributed by atoms with Crippen molar-refractivity contribution >= 4 is 29.9 Å². The minimum absolute atomic E-state index is 0. The number of rotatable bonds is 7. The summed E-state index contributed by atoms with van der Waals surface area (Å²) < 4.78 is 2.00. The normalized spacial score (nSPS) is 12.4. The quantitative estimate of drug-likeness (QED) is 0.371. The Bertz CT molecular complexity index is 696. The van der Waals surface area contributed by atoms with Crippen molar-refractivity contribution < 1.29 is 0 Å². The highest BCUT2D eigenvalue weighted by molar-refractivity contribution is 14.0. The molecule has 0 saturated carbocycles. The molecule has 0 saturated heterocycles. The van der Waals surface area contributed by atoms with Gasteiger partial charge in [0, 0.05) is 50.8 Å². The summed E-state index contributed by atoms with van der Waals surface area (Å²) in [5.41, 5.74) is 5.00. The van der Waals surface area contributed by atoms with Crippen LogP contribution in [0.1, 0.15) is 49.2 Å². The third kappa shape index (κ3) is 5.69. The molecule has 0 radical (unpaired) electrons. The molecule has 2 heterocycles. The molecule has 2 aromatic heterocycles. The maximum absolute atomic E-state index is 4.63. The maximum atomic E-state index is 4.63. The van der Waals surface area contributed by atoms with Crippen molar-refractivity contribution in [3.63, 3.8) is 0 Å². The summed E-state index contributed by atoms with van der Waals surface area (Å²) in [6, 6.07) is 4.11. The van der Waals surface area contributed by atoms with Gasteiger partial charge in [-0.2, -0.15) is 5.10 Å². The van der Waals surface area contributed by atoms with Crippen LogP contribution in [-0.4, -0.2) is 34.3 Å². The fourth-order valence-electron chi connectivity index (χ4n) is 3.05. The van der Waals surface area contributed by atoms with E-state index in [1.54, 1.807) is 7.05 Å². The molecule has 0 amide bonds. The van der Waals surface area contributed by atoms with E-state index in [1.807, 2.05) is 24.1 Å². The first-order chi connectivity index (χ1) is 12.1. The number of hydrogen-bond donors (Lipinski definition) is 2. The van der Waals surface area contributed by atoms with Crippen LogP contribution >= 0.6 is 24.0 Å². The van der Waals surface area contributed by atoms with E-state index in [-0.39, 0.29) is 24.0 Å². The van der Waals surface area contributed by atoms with Crippen LogP contribution < -0.4 is 10.6 Å². The molecular formula is C19H31IN6. The molecule has 0 bridgehead atoms. The Morgan fingerprint density at radius 1 is 1.19 bits per heavy atom. The van der Waals surface area contributed by atoms with Gasteiger partial charge in [0.05, 0.1) is 5.69 Å². The van der Waals surface area contributed by atoms with Crippen LogP contribution in [0.3, 0.4) is 0 Å². The van der Waals surface area contributed by atoms with Crippen molar-refractivity contribution in [2.75, 3.05) is 13.6 Å². The summed E-state index contributed by atoms with van der Waals surface area (Å²) in [7, 11) is 3.82. The number of nitrogens with zero attached hydrogens (tertiary/aromatic N) is 4. The van der Waals surface area contributed by atoms with Gasteiger partial charge in [0.15, 0.2) is 5.96 Å². The van der Waals surface area contributed by atoms with Gasteiger partial charge in [-0.1, -0.05) is 20.8 Å². The fraction of sp³-hybridized carbons (Fsp3) is 0.526. The van der Waals surface area contributed by atoms with Crippen LogP contribution in [0, 0.1) is 0 Å². The lowest BCUT2D eigenvalue weighted by Gasteiger charge is -2.16. The monoisotopic (exact) mass is 470 g/mol. The zero-order valence-electron chi connectivity index (χ0n) is 16.4. The first-order valence-corrected chi connectivity index (χ1v) is 8.98. The Morgan fingerprint density at radius 3 is 2.46 bits per heavy atom. The summed E-state index contributed by atoms with van der Waals surface area (Å²) >= 11 is 0. The van der Waals surface area contributed by atoms with Gasteiger partial charge in [0.1, 0.15) is 0 Å². The minimum atomic E-state index is 0. The fourth-order valence-corrected chi connectivity index (χ4v) is 3.05. The lowest BCUT2D eigenvalue weighted by molar-refractivity contribution is 0.693. The first kappa shape index (κ1) is 22.4. The lowest BCUT2D eigenvalue weighted by atomic mass is 10.0. The van der Waals surface area contributed by atoms with E-state index < -0.39 is 0 Å². The molecule has 0 spiro atoms. The summed E-state index contributed by atoms with van der Waals surface area (Å²) in [5, 5.41) is 11.5. The van der Waals surface area contributed by atoms with Crippen molar-refractivity contribution in [2.24, 2.45) is 12.0 Å². The van der Waals surface area contributed by atoms with E-state index in [0.717, 1.165) is 37.6 Å². The van der Waals surface area contributed by atoms with E-state index in [9.17, 15) is 0 Å². The number of aliphatic imine (C=N–C) groups is 1. The Hall–Kier alpha value is -1.64. The topological polar surface area (TPSA) is 67.1 Å². The van der Waals surface area contributed by atoms with E-state index in [0.29, 0.717) is 5.92 Å². The van der Waals surface area contributed by atoms with Gasteiger partial charge in [-0.3, -0.25) is 14.7 Å². The largest absolute Gasteiger partial charge is 0.356 e. The number of aromatic nitrogens is 3. The highest BCUT2D eigenvalue weighted by Gasteiger charge is 2.14. The van der Waals surface area contributed by atoms with Crippen molar-refractivity contribution in [1.29, 1.82) is 0 Å². The molecule has 0 aliphatic carbocycles. The van der Waals surface area contributed by atoms with Crippen LogP contribution in [0.5, 0.6) is 0 Å². The molecular weight excluding hydrogens is 439 g/mol. The molecule has 26 heavy (non-hydrogen) atoms. The van der Waals surface area contributed by atoms with Gasteiger partial charge in [0.2, 0.25) is 0 Å². The van der Waals surface area contributed by atoms with Gasteiger partial charge in [-0.15, -0.1) is 24.0 Å². The molecule has 0 fully saturated rings. The van der Waals surface area contributed by atoms with Crippen LogP contribution in [0.4, 0.5) is 0 Å². The second-order valence-electron chi connectivity index (χ2n) is 6.19. The van der Waals surface area contributed by atoms with E-state index >= 15 is 0 Å². The third-order valence-electron chi connectivity index (χ3n) is 4.53. The molecule has 144 valence electrons. The second-order valence-corrected chi connectivity index (χ2v) is 6.19. The highest BCUT2D eigenvalue weighted by Crippen LogP contribution is 2.15. The number of hydrogen-bond acceptors (Lipinski definition) is 3. The van der Waals surface area contributed by atoms with Crippen molar-refractivity contribution in [1.82, 2.24) is 25.4 Å². The Labute approximate surface area is 173 Å². The molecule has 0 aliphatic heterocycles. The van der Waals surface area contributed by atoms with E-state index in [2.05, 4.69) is 58.6 Å². The van der Waals surface area contributed by atoms with Crippen molar-refractivity contribution in [3.05, 3.63) is 47.0 Å². The second kappa shape index (κ2) is 11.2. The maximum Gasteiger partial charge on any atom is 0.191 e. The molecule has 2 aromatic rings. The highest BCUT2D eigenvalue weighted by atomic mass is 127. The minimum Gasteiger partial charge on any atom is -0.356 e. The molecule has 1 atom stereocenters. The number of pyridine rings is 1. The Balaban J connectivity index is 0.00000338. The molecule has 0 aromatic carbocycles. The predicted molar refractivity (Wildman–Crippen MR) is 118 cm³/mol. The zero-order chi connectivity index (χ0) is 18.2. The van der Waals surface area contributed by atoms with E-state index in [4.69, 9.17) is 0 Å². The smallest absolute Gasteiger partial charge is 0.191 e. The molecule has 1 unspecified atom stereocenters. The molecule has 2 N–H and O–H groups in total. The first-order valence-electron chi connectivity index (χ1n) is 8.98. The third-order valence-corrected chi connectivity index (χ3v) is 4.53. The van der Waals surface area contributed by atoms with Gasteiger partial charge in [-0.05, 0) is 36.5 Å². The van der Waals surface area contributed by atoms with Crippen LogP contribution in [0.25, 0.3) is 0 Å². The van der Waals surface area contributed by atoms with E-state index in [1.165, 1.54) is 16.8 Å². The summed E-state index contributed by atoms with van der Waals surface area (Å²) in [6.07, 6.45) is 5.58.